The summed E-state index contributed by atoms with van der Waals surface area (Å²) in [4.78, 5) is 11.5. The van der Waals surface area contributed by atoms with Gasteiger partial charge in [-0.25, -0.2) is 13.2 Å². The zero-order valence-corrected chi connectivity index (χ0v) is 16.3. The maximum Gasteiger partial charge on any atom is 0.339 e. The molecular formula is C16H15Cl2NO6S. The molecule has 7 nitrogen and oxygen atoms in total. The summed E-state index contributed by atoms with van der Waals surface area (Å²) in [5.41, 5.74) is 0.0426. The van der Waals surface area contributed by atoms with Gasteiger partial charge >= 0.3 is 5.97 Å². The van der Waals surface area contributed by atoms with Crippen molar-refractivity contribution in [3.8, 4) is 11.5 Å². The highest BCUT2D eigenvalue weighted by Gasteiger charge is 2.21. The summed E-state index contributed by atoms with van der Waals surface area (Å²) in [6.45, 7) is 0. The summed E-state index contributed by atoms with van der Waals surface area (Å²) in [5.74, 6) is -0.296. The number of ether oxygens (including phenoxy) is 3. The normalized spacial score (nSPS) is 11.0. The molecule has 1 N–H and O–H groups in total. The van der Waals surface area contributed by atoms with Crippen molar-refractivity contribution in [2.24, 2.45) is 0 Å². The number of methoxy groups -OCH3 is 3. The molecule has 2 rings (SSSR count). The van der Waals surface area contributed by atoms with E-state index in [0.29, 0.717) is 0 Å². The van der Waals surface area contributed by atoms with Gasteiger partial charge in [-0.3, -0.25) is 4.72 Å². The van der Waals surface area contributed by atoms with E-state index in [0.717, 1.165) is 6.07 Å². The van der Waals surface area contributed by atoms with E-state index in [4.69, 9.17) is 32.7 Å². The number of halogens is 2. The molecule has 0 aromatic heterocycles. The quantitative estimate of drug-likeness (QED) is 0.719. The van der Waals surface area contributed by atoms with Gasteiger partial charge < -0.3 is 14.2 Å². The predicted octanol–water partition coefficient (Wildman–Crippen LogP) is 3.60. The van der Waals surface area contributed by atoms with Gasteiger partial charge in [0.25, 0.3) is 10.0 Å². The summed E-state index contributed by atoms with van der Waals surface area (Å²) < 4.78 is 42.6. The minimum atomic E-state index is -4.06. The van der Waals surface area contributed by atoms with E-state index < -0.39 is 16.0 Å². The molecule has 0 aliphatic carbocycles. The van der Waals surface area contributed by atoms with E-state index in [1.54, 1.807) is 0 Å². The third kappa shape index (κ3) is 4.14. The van der Waals surface area contributed by atoms with Crippen molar-refractivity contribution in [3.05, 3.63) is 45.9 Å². The highest BCUT2D eigenvalue weighted by Crippen LogP contribution is 2.37. The van der Waals surface area contributed by atoms with Crippen LogP contribution in [0.4, 0.5) is 5.69 Å². The first-order valence-corrected chi connectivity index (χ1v) is 9.29. The molecule has 0 unspecified atom stereocenters. The van der Waals surface area contributed by atoms with Gasteiger partial charge in [0.15, 0.2) is 0 Å². The lowest BCUT2D eigenvalue weighted by Crippen LogP contribution is -2.15. The van der Waals surface area contributed by atoms with Gasteiger partial charge in [-0.2, -0.15) is 0 Å². The third-order valence-electron chi connectivity index (χ3n) is 3.37. The molecule has 140 valence electrons. The first kappa shape index (κ1) is 20.2. The number of benzene rings is 2. The van der Waals surface area contributed by atoms with Crippen LogP contribution in [0, 0.1) is 0 Å². The highest BCUT2D eigenvalue weighted by molar-refractivity contribution is 7.92. The second-order valence-electron chi connectivity index (χ2n) is 4.93. The lowest BCUT2D eigenvalue weighted by molar-refractivity contribution is 0.0600. The molecule has 0 saturated heterocycles. The summed E-state index contributed by atoms with van der Waals surface area (Å²) in [7, 11) is -0.125. The van der Waals surface area contributed by atoms with Crippen molar-refractivity contribution in [2.75, 3.05) is 26.1 Å². The van der Waals surface area contributed by atoms with Gasteiger partial charge in [0.1, 0.15) is 11.5 Å². The fourth-order valence-electron chi connectivity index (χ4n) is 2.08. The fourth-order valence-corrected chi connectivity index (χ4v) is 3.59. The lowest BCUT2D eigenvalue weighted by atomic mass is 10.2. The summed E-state index contributed by atoms with van der Waals surface area (Å²) in [6.07, 6.45) is 0. The van der Waals surface area contributed by atoms with Crippen LogP contribution in [-0.2, 0) is 14.8 Å². The second-order valence-corrected chi connectivity index (χ2v) is 7.42. The molecule has 0 amide bonds. The fraction of sp³-hybridized carbons (Fsp3) is 0.188. The van der Waals surface area contributed by atoms with Crippen molar-refractivity contribution < 1.29 is 27.4 Å². The molecule has 0 bridgehead atoms. The van der Waals surface area contributed by atoms with Gasteiger partial charge in [-0.15, -0.1) is 0 Å². The second kappa shape index (κ2) is 8.03. The summed E-state index contributed by atoms with van der Waals surface area (Å²) >= 11 is 11.9. The molecular weight excluding hydrogens is 405 g/mol. The number of carbonyl (C=O) groups is 1. The largest absolute Gasteiger partial charge is 0.495 e. The third-order valence-corrected chi connectivity index (χ3v) is 5.36. The number of hydrogen-bond donors (Lipinski definition) is 1. The molecule has 0 saturated carbocycles. The van der Waals surface area contributed by atoms with E-state index in [1.165, 1.54) is 45.6 Å². The average molecular weight is 420 g/mol. The Kier molecular flexibility index (Phi) is 6.22. The Hall–Kier alpha value is -2.16. The molecule has 0 radical (unpaired) electrons. The number of hydrogen-bond acceptors (Lipinski definition) is 6. The number of nitrogens with one attached hydrogen (secondary N) is 1. The van der Waals surface area contributed by atoms with Crippen LogP contribution in [0.25, 0.3) is 0 Å². The van der Waals surface area contributed by atoms with E-state index in [-0.39, 0.29) is 37.7 Å². The van der Waals surface area contributed by atoms with Crippen molar-refractivity contribution in [1.82, 2.24) is 0 Å². The first-order chi connectivity index (χ1) is 12.2. The Balaban J connectivity index is 2.48. The maximum atomic E-state index is 12.7. The molecule has 26 heavy (non-hydrogen) atoms. The van der Waals surface area contributed by atoms with Crippen LogP contribution < -0.4 is 14.2 Å². The average Bonchev–Trinajstić information content (AvgIpc) is 2.62. The molecule has 0 atom stereocenters. The van der Waals surface area contributed by atoms with Gasteiger partial charge in [-0.1, -0.05) is 23.2 Å². The van der Waals surface area contributed by atoms with Crippen LogP contribution in [0.5, 0.6) is 11.5 Å². The Morgan fingerprint density at radius 2 is 1.62 bits per heavy atom. The van der Waals surface area contributed by atoms with Crippen LogP contribution in [0.1, 0.15) is 10.4 Å². The molecule has 0 heterocycles. The molecule has 10 heteroatoms. The lowest BCUT2D eigenvalue weighted by Gasteiger charge is -2.15. The summed E-state index contributed by atoms with van der Waals surface area (Å²) in [6, 6.07) is 6.48. The Morgan fingerprint density at radius 1 is 0.962 bits per heavy atom. The standard InChI is InChI=1S/C16H15Cl2NO6S/c1-23-14-8-13(15(24-2)7-12(14)18)19-26(21,22)9-4-5-11(17)10(6-9)16(20)25-3/h4-8,19H,1-3H3. The predicted molar refractivity (Wildman–Crippen MR) is 98.2 cm³/mol. The molecule has 2 aromatic rings. The van der Waals surface area contributed by atoms with Crippen molar-refractivity contribution in [2.45, 2.75) is 4.90 Å². The molecule has 2 aromatic carbocycles. The van der Waals surface area contributed by atoms with Gasteiger partial charge in [0, 0.05) is 12.1 Å². The van der Waals surface area contributed by atoms with Crippen LogP contribution >= 0.6 is 23.2 Å². The van der Waals surface area contributed by atoms with Crippen molar-refractivity contribution in [3.63, 3.8) is 0 Å². The Morgan fingerprint density at radius 3 is 2.19 bits per heavy atom. The topological polar surface area (TPSA) is 90.9 Å². The SMILES string of the molecule is COC(=O)c1cc(S(=O)(=O)Nc2cc(OC)c(Cl)cc2OC)ccc1Cl. The molecule has 0 aliphatic rings. The molecule has 0 fully saturated rings. The van der Waals surface area contributed by atoms with Crippen molar-refractivity contribution in [1.29, 1.82) is 0 Å². The Bertz CT molecular complexity index is 946. The number of rotatable bonds is 6. The van der Waals surface area contributed by atoms with Crippen LogP contribution in [0.15, 0.2) is 35.2 Å². The van der Waals surface area contributed by atoms with Gasteiger partial charge in [0.2, 0.25) is 0 Å². The number of carbonyl (C=O) groups excluding carboxylic acids is 1. The number of sulfonamides is 1. The zero-order valence-electron chi connectivity index (χ0n) is 14.0. The smallest absolute Gasteiger partial charge is 0.339 e. The van der Waals surface area contributed by atoms with Gasteiger partial charge in [0.05, 0.1) is 47.5 Å². The van der Waals surface area contributed by atoms with Crippen LogP contribution in [0.2, 0.25) is 10.0 Å². The summed E-state index contributed by atoms with van der Waals surface area (Å²) in [5, 5.41) is 0.327. The van der Waals surface area contributed by atoms with E-state index in [9.17, 15) is 13.2 Å². The van der Waals surface area contributed by atoms with Crippen molar-refractivity contribution >= 4 is 44.9 Å². The highest BCUT2D eigenvalue weighted by atomic mass is 35.5. The van der Waals surface area contributed by atoms with E-state index in [1.807, 2.05) is 0 Å². The van der Waals surface area contributed by atoms with Crippen LogP contribution in [0.3, 0.4) is 0 Å². The number of esters is 1. The minimum absolute atomic E-state index is 0.0709. The van der Waals surface area contributed by atoms with E-state index >= 15 is 0 Å². The monoisotopic (exact) mass is 419 g/mol. The van der Waals surface area contributed by atoms with Crippen LogP contribution in [-0.4, -0.2) is 35.7 Å². The number of anilines is 1. The molecule has 0 aliphatic heterocycles. The minimum Gasteiger partial charge on any atom is -0.495 e. The van der Waals surface area contributed by atoms with E-state index in [2.05, 4.69) is 9.46 Å². The zero-order chi connectivity index (χ0) is 19.5. The maximum absolute atomic E-state index is 12.7. The van der Waals surface area contributed by atoms with Gasteiger partial charge in [-0.05, 0) is 18.2 Å². The Labute approximate surface area is 160 Å². The molecule has 0 spiro atoms. The first-order valence-electron chi connectivity index (χ1n) is 7.05.